The van der Waals surface area contributed by atoms with E-state index in [4.69, 9.17) is 16.3 Å². The summed E-state index contributed by atoms with van der Waals surface area (Å²) in [5, 5.41) is 2.62. The van der Waals surface area contributed by atoms with E-state index in [1.165, 1.54) is 24.3 Å². The number of anilines is 1. The van der Waals surface area contributed by atoms with Crippen LogP contribution in [0.4, 0.5) is 14.9 Å². The van der Waals surface area contributed by atoms with Crippen LogP contribution in [0.15, 0.2) is 77.7 Å². The van der Waals surface area contributed by atoms with Crippen molar-refractivity contribution in [2.75, 3.05) is 11.9 Å². The Hall–Kier alpha value is -3.62. The lowest BCUT2D eigenvalue weighted by molar-refractivity contribution is -0.127. The number of thioether (sulfide) groups is 1. The number of ether oxygens (including phenoxy) is 1. The van der Waals surface area contributed by atoms with E-state index in [1.807, 2.05) is 12.1 Å². The molecule has 1 aliphatic heterocycles. The molecule has 1 N–H and O–H groups in total. The molecule has 0 aromatic heterocycles. The average molecular weight is 497 g/mol. The van der Waals surface area contributed by atoms with Crippen LogP contribution < -0.4 is 10.1 Å². The number of nitrogens with zero attached hydrogens (tertiary/aromatic N) is 1. The van der Waals surface area contributed by atoms with Gasteiger partial charge in [0.1, 0.15) is 24.7 Å². The summed E-state index contributed by atoms with van der Waals surface area (Å²) in [6, 6.07) is 19.6. The molecular weight excluding hydrogens is 479 g/mol. The topological polar surface area (TPSA) is 75.7 Å². The second-order valence-corrected chi connectivity index (χ2v) is 8.71. The maximum atomic E-state index is 13.0. The van der Waals surface area contributed by atoms with Crippen molar-refractivity contribution < 1.29 is 23.5 Å². The fraction of sp³-hybridized carbons (Fsp3) is 0.0800. The molecule has 6 nitrogen and oxygen atoms in total. The molecule has 9 heteroatoms. The molecule has 3 aromatic rings. The van der Waals surface area contributed by atoms with E-state index in [9.17, 15) is 18.8 Å². The third-order valence-corrected chi connectivity index (χ3v) is 5.98. The number of hydrogen-bond acceptors (Lipinski definition) is 5. The maximum Gasteiger partial charge on any atom is 0.294 e. The van der Waals surface area contributed by atoms with Gasteiger partial charge in [-0.2, -0.15) is 0 Å². The lowest BCUT2D eigenvalue weighted by Gasteiger charge is -2.12. The Morgan fingerprint density at radius 3 is 2.47 bits per heavy atom. The first-order valence-corrected chi connectivity index (χ1v) is 11.4. The molecule has 172 valence electrons. The molecule has 1 heterocycles. The van der Waals surface area contributed by atoms with Gasteiger partial charge < -0.3 is 10.1 Å². The summed E-state index contributed by atoms with van der Waals surface area (Å²) in [6.07, 6.45) is 1.57. The molecule has 0 aliphatic carbocycles. The predicted molar refractivity (Wildman–Crippen MR) is 130 cm³/mol. The molecule has 1 saturated heterocycles. The monoisotopic (exact) mass is 496 g/mol. The zero-order valence-corrected chi connectivity index (χ0v) is 19.2. The number of carbonyl (C=O) groups excluding carboxylic acids is 3. The number of halogens is 2. The summed E-state index contributed by atoms with van der Waals surface area (Å²) in [4.78, 5) is 38.6. The van der Waals surface area contributed by atoms with Crippen molar-refractivity contribution >= 4 is 52.2 Å². The number of benzene rings is 3. The number of amides is 3. The van der Waals surface area contributed by atoms with E-state index in [2.05, 4.69) is 5.32 Å². The third kappa shape index (κ3) is 5.84. The first-order chi connectivity index (χ1) is 16.4. The SMILES string of the molecule is O=C(CN1C(=O)S/C(=C\c2ccccc2OCc2ccc(Cl)cc2)C1=O)Nc1ccc(F)cc1. The minimum absolute atomic E-state index is 0.183. The van der Waals surface area contributed by atoms with Crippen LogP contribution in [0.1, 0.15) is 11.1 Å². The zero-order valence-electron chi connectivity index (χ0n) is 17.7. The van der Waals surface area contributed by atoms with Gasteiger partial charge in [0.15, 0.2) is 0 Å². The van der Waals surface area contributed by atoms with Gasteiger partial charge in [0, 0.05) is 16.3 Å². The molecule has 0 atom stereocenters. The van der Waals surface area contributed by atoms with E-state index in [0.29, 0.717) is 28.6 Å². The largest absolute Gasteiger partial charge is 0.488 e. The highest BCUT2D eigenvalue weighted by atomic mass is 35.5. The normalized spacial score (nSPS) is 14.5. The highest BCUT2D eigenvalue weighted by Gasteiger charge is 2.36. The average Bonchev–Trinajstić information content (AvgIpc) is 3.08. The molecule has 0 radical (unpaired) electrons. The fourth-order valence-electron chi connectivity index (χ4n) is 3.13. The third-order valence-electron chi connectivity index (χ3n) is 4.82. The van der Waals surface area contributed by atoms with Gasteiger partial charge in [-0.25, -0.2) is 4.39 Å². The van der Waals surface area contributed by atoms with Gasteiger partial charge in [-0.05, 0) is 65.9 Å². The van der Waals surface area contributed by atoms with Crippen LogP contribution in [0, 0.1) is 5.82 Å². The van der Waals surface area contributed by atoms with E-state index < -0.39 is 29.4 Å². The molecule has 4 rings (SSSR count). The Morgan fingerprint density at radius 1 is 1.03 bits per heavy atom. The lowest BCUT2D eigenvalue weighted by Crippen LogP contribution is -2.36. The van der Waals surface area contributed by atoms with Crippen LogP contribution in [0.25, 0.3) is 6.08 Å². The number of para-hydroxylation sites is 1. The molecule has 1 aliphatic rings. The molecule has 34 heavy (non-hydrogen) atoms. The second kappa shape index (κ2) is 10.5. The van der Waals surface area contributed by atoms with E-state index >= 15 is 0 Å². The van der Waals surface area contributed by atoms with Gasteiger partial charge in [-0.3, -0.25) is 19.3 Å². The highest BCUT2D eigenvalue weighted by molar-refractivity contribution is 8.18. The van der Waals surface area contributed by atoms with Crippen LogP contribution in [-0.2, 0) is 16.2 Å². The standard InChI is InChI=1S/C25H18ClFN2O4S/c26-18-7-5-16(6-8-18)15-33-21-4-2-1-3-17(21)13-22-24(31)29(25(32)34-22)14-23(30)28-20-11-9-19(27)10-12-20/h1-13H,14-15H2,(H,28,30)/b22-13-. The smallest absolute Gasteiger partial charge is 0.294 e. The molecule has 3 amide bonds. The fourth-order valence-corrected chi connectivity index (χ4v) is 4.08. The van der Waals surface area contributed by atoms with E-state index in [0.717, 1.165) is 22.2 Å². The zero-order chi connectivity index (χ0) is 24.1. The first-order valence-electron chi connectivity index (χ1n) is 10.2. The Balaban J connectivity index is 1.44. The van der Waals surface area contributed by atoms with Crippen molar-refractivity contribution in [3.05, 3.63) is 99.7 Å². The molecule has 1 fully saturated rings. The van der Waals surface area contributed by atoms with Crippen molar-refractivity contribution in [3.63, 3.8) is 0 Å². The van der Waals surface area contributed by atoms with E-state index in [1.54, 1.807) is 42.5 Å². The van der Waals surface area contributed by atoms with Gasteiger partial charge in [0.2, 0.25) is 5.91 Å². The molecular formula is C25H18ClFN2O4S. The number of nitrogens with one attached hydrogen (secondary N) is 1. The minimum Gasteiger partial charge on any atom is -0.488 e. The van der Waals surface area contributed by atoms with Crippen molar-refractivity contribution in [3.8, 4) is 5.75 Å². The Morgan fingerprint density at radius 2 is 1.74 bits per heavy atom. The van der Waals surface area contributed by atoms with Crippen LogP contribution >= 0.6 is 23.4 Å². The van der Waals surface area contributed by atoms with Crippen LogP contribution in [0.3, 0.4) is 0 Å². The van der Waals surface area contributed by atoms with Crippen LogP contribution in [0.5, 0.6) is 5.75 Å². The minimum atomic E-state index is -0.572. The summed E-state index contributed by atoms with van der Waals surface area (Å²) in [5.41, 5.74) is 1.91. The first kappa shape index (κ1) is 23.5. The Kier molecular flexibility index (Phi) is 7.30. The molecule has 0 bridgehead atoms. The summed E-state index contributed by atoms with van der Waals surface area (Å²) in [6.45, 7) is -0.152. The molecule has 0 saturated carbocycles. The van der Waals surface area contributed by atoms with Gasteiger partial charge in [-0.15, -0.1) is 0 Å². The maximum absolute atomic E-state index is 13.0. The number of imide groups is 1. The number of hydrogen-bond donors (Lipinski definition) is 1. The van der Waals surface area contributed by atoms with Gasteiger partial charge >= 0.3 is 0 Å². The Bertz CT molecular complexity index is 1260. The highest BCUT2D eigenvalue weighted by Crippen LogP contribution is 2.34. The lowest BCUT2D eigenvalue weighted by atomic mass is 10.1. The quantitative estimate of drug-likeness (QED) is 0.422. The van der Waals surface area contributed by atoms with E-state index in [-0.39, 0.29) is 4.91 Å². The van der Waals surface area contributed by atoms with Crippen LogP contribution in [-0.4, -0.2) is 28.5 Å². The van der Waals surface area contributed by atoms with Crippen molar-refractivity contribution in [1.82, 2.24) is 4.90 Å². The summed E-state index contributed by atoms with van der Waals surface area (Å²) in [7, 11) is 0. The van der Waals surface area contributed by atoms with Crippen molar-refractivity contribution in [1.29, 1.82) is 0 Å². The summed E-state index contributed by atoms with van der Waals surface area (Å²) in [5.74, 6) is -1.04. The molecule has 0 unspecified atom stereocenters. The molecule has 3 aromatic carbocycles. The summed E-state index contributed by atoms with van der Waals surface area (Å²) >= 11 is 6.66. The number of rotatable bonds is 7. The number of carbonyl (C=O) groups is 3. The second-order valence-electron chi connectivity index (χ2n) is 7.28. The van der Waals surface area contributed by atoms with Gasteiger partial charge in [0.25, 0.3) is 11.1 Å². The Labute approximate surface area is 204 Å². The van der Waals surface area contributed by atoms with Crippen LogP contribution in [0.2, 0.25) is 5.02 Å². The molecule has 0 spiro atoms. The summed E-state index contributed by atoms with van der Waals surface area (Å²) < 4.78 is 18.9. The predicted octanol–water partition coefficient (Wildman–Crippen LogP) is 5.73. The van der Waals surface area contributed by atoms with Gasteiger partial charge in [0.05, 0.1) is 4.91 Å². The van der Waals surface area contributed by atoms with Crippen molar-refractivity contribution in [2.45, 2.75) is 6.61 Å². The van der Waals surface area contributed by atoms with Crippen molar-refractivity contribution in [2.24, 2.45) is 0 Å². The van der Waals surface area contributed by atoms with Gasteiger partial charge in [-0.1, -0.05) is 41.9 Å².